The van der Waals surface area contributed by atoms with Crippen LogP contribution in [0, 0.1) is 0 Å². The fourth-order valence-electron chi connectivity index (χ4n) is 1.86. The maximum absolute atomic E-state index is 5.38. The van der Waals surface area contributed by atoms with E-state index in [1.165, 1.54) is 4.90 Å². The number of nitrogens with one attached hydrogen (secondary N) is 1. The maximum Gasteiger partial charge on any atom is 0.246 e. The summed E-state index contributed by atoms with van der Waals surface area (Å²) in [5.74, 6) is 2.04. The first-order valence-electron chi connectivity index (χ1n) is 6.23. The molecule has 0 amide bonds. The van der Waals surface area contributed by atoms with Crippen LogP contribution in [-0.2, 0) is 10.5 Å². The van der Waals surface area contributed by atoms with E-state index in [0.717, 1.165) is 19.0 Å². The number of rotatable bonds is 4. The van der Waals surface area contributed by atoms with E-state index in [9.17, 15) is 0 Å². The number of benzene rings is 1. The Labute approximate surface area is 115 Å². The zero-order valence-corrected chi connectivity index (χ0v) is 11.2. The Morgan fingerprint density at radius 3 is 3.00 bits per heavy atom. The molecule has 1 aromatic heterocycles. The van der Waals surface area contributed by atoms with Gasteiger partial charge in [-0.05, 0) is 12.1 Å². The fourth-order valence-corrected chi connectivity index (χ4v) is 2.62. The van der Waals surface area contributed by atoms with Gasteiger partial charge in [0.25, 0.3) is 0 Å². The molecule has 0 saturated carbocycles. The second kappa shape index (κ2) is 6.18. The normalized spacial score (nSPS) is 19.5. The van der Waals surface area contributed by atoms with Gasteiger partial charge in [-0.15, -0.1) is 11.8 Å². The van der Waals surface area contributed by atoms with Gasteiger partial charge in [0.1, 0.15) is 6.04 Å². The van der Waals surface area contributed by atoms with Crippen LogP contribution < -0.4 is 5.32 Å². The van der Waals surface area contributed by atoms with E-state index in [1.807, 2.05) is 18.2 Å². The number of hydrogen-bond acceptors (Lipinski definition) is 6. The van der Waals surface area contributed by atoms with Crippen LogP contribution in [0.2, 0.25) is 0 Å². The van der Waals surface area contributed by atoms with Crippen molar-refractivity contribution in [3.8, 4) is 0 Å². The second-order valence-corrected chi connectivity index (χ2v) is 5.28. The first-order valence-corrected chi connectivity index (χ1v) is 7.22. The minimum atomic E-state index is 0.0247. The quantitative estimate of drug-likeness (QED) is 0.863. The number of thioether (sulfide) groups is 1. The first-order chi connectivity index (χ1) is 9.42. The van der Waals surface area contributed by atoms with Crippen LogP contribution in [0.5, 0.6) is 0 Å². The Bertz CT molecular complexity index is 512. The van der Waals surface area contributed by atoms with Crippen molar-refractivity contribution in [3.05, 3.63) is 42.0 Å². The molecule has 2 aromatic rings. The van der Waals surface area contributed by atoms with Crippen LogP contribution in [0.4, 0.5) is 0 Å². The third kappa shape index (κ3) is 3.34. The van der Waals surface area contributed by atoms with Crippen LogP contribution >= 0.6 is 11.8 Å². The Balaban J connectivity index is 1.58. The van der Waals surface area contributed by atoms with Gasteiger partial charge in [-0.25, -0.2) is 0 Å². The molecule has 0 spiro atoms. The molecule has 1 atom stereocenters. The van der Waals surface area contributed by atoms with E-state index in [0.29, 0.717) is 18.3 Å². The summed E-state index contributed by atoms with van der Waals surface area (Å²) in [4.78, 5) is 5.61. The minimum Gasteiger partial charge on any atom is -0.378 e. The van der Waals surface area contributed by atoms with Crippen molar-refractivity contribution in [1.82, 2.24) is 15.5 Å². The van der Waals surface area contributed by atoms with Crippen molar-refractivity contribution in [3.63, 3.8) is 0 Å². The standard InChI is InChI=1S/C13H15N3O2S/c1-2-4-10(5-3-1)19-9-12-15-13(18-16-12)11-8-17-7-6-14-11/h1-5,11,14H,6-9H2. The lowest BCUT2D eigenvalue weighted by atomic mass is 10.3. The molecule has 0 radical (unpaired) electrons. The third-order valence-corrected chi connectivity index (χ3v) is 3.82. The Hall–Kier alpha value is -1.37. The minimum absolute atomic E-state index is 0.0247. The molecule has 6 heteroatoms. The Kier molecular flexibility index (Phi) is 4.12. The molecular weight excluding hydrogens is 262 g/mol. The first kappa shape index (κ1) is 12.7. The number of morpholine rings is 1. The fraction of sp³-hybridized carbons (Fsp3) is 0.385. The lowest BCUT2D eigenvalue weighted by Crippen LogP contribution is -2.34. The lowest BCUT2D eigenvalue weighted by molar-refractivity contribution is 0.0659. The molecule has 1 fully saturated rings. The van der Waals surface area contributed by atoms with Crippen molar-refractivity contribution in [2.24, 2.45) is 0 Å². The number of hydrogen-bond donors (Lipinski definition) is 1. The van der Waals surface area contributed by atoms with Gasteiger partial charge in [-0.3, -0.25) is 0 Å². The van der Waals surface area contributed by atoms with Crippen molar-refractivity contribution in [1.29, 1.82) is 0 Å². The largest absolute Gasteiger partial charge is 0.378 e. The van der Waals surface area contributed by atoms with Crippen LogP contribution in [0.15, 0.2) is 39.8 Å². The molecule has 19 heavy (non-hydrogen) atoms. The maximum atomic E-state index is 5.38. The van der Waals surface area contributed by atoms with E-state index >= 15 is 0 Å². The van der Waals surface area contributed by atoms with Crippen LogP contribution in [0.1, 0.15) is 17.8 Å². The monoisotopic (exact) mass is 277 g/mol. The third-order valence-electron chi connectivity index (χ3n) is 2.81. The predicted molar refractivity (Wildman–Crippen MR) is 71.9 cm³/mol. The summed E-state index contributed by atoms with van der Waals surface area (Å²) in [5.41, 5.74) is 0. The van der Waals surface area contributed by atoms with Gasteiger partial charge in [0.05, 0.1) is 19.0 Å². The topological polar surface area (TPSA) is 60.2 Å². The molecule has 100 valence electrons. The second-order valence-electron chi connectivity index (χ2n) is 4.23. The van der Waals surface area contributed by atoms with Gasteiger partial charge in [0.2, 0.25) is 5.89 Å². The zero-order valence-electron chi connectivity index (χ0n) is 10.4. The molecule has 3 rings (SSSR count). The van der Waals surface area contributed by atoms with E-state index < -0.39 is 0 Å². The molecule has 0 aliphatic carbocycles. The number of nitrogens with zero attached hydrogens (tertiary/aromatic N) is 2. The van der Waals surface area contributed by atoms with Crippen molar-refractivity contribution in [2.75, 3.05) is 19.8 Å². The van der Waals surface area contributed by atoms with Crippen LogP contribution in [-0.4, -0.2) is 29.9 Å². The van der Waals surface area contributed by atoms with Gasteiger partial charge < -0.3 is 14.6 Å². The molecule has 1 unspecified atom stereocenters. The molecular formula is C13H15N3O2S. The van der Waals surface area contributed by atoms with Gasteiger partial charge in [0.15, 0.2) is 5.82 Å². The predicted octanol–water partition coefficient (Wildman–Crippen LogP) is 2.02. The summed E-state index contributed by atoms with van der Waals surface area (Å²) in [6.45, 7) is 2.15. The highest BCUT2D eigenvalue weighted by Gasteiger charge is 2.21. The summed E-state index contributed by atoms with van der Waals surface area (Å²) < 4.78 is 10.7. The van der Waals surface area contributed by atoms with Gasteiger partial charge >= 0.3 is 0 Å². The number of ether oxygens (including phenoxy) is 1. The average Bonchev–Trinajstić information content (AvgIpc) is 2.96. The van der Waals surface area contributed by atoms with Gasteiger partial charge in [0, 0.05) is 11.4 Å². The van der Waals surface area contributed by atoms with Crippen LogP contribution in [0.25, 0.3) is 0 Å². The van der Waals surface area contributed by atoms with Crippen molar-refractivity contribution in [2.45, 2.75) is 16.7 Å². The van der Waals surface area contributed by atoms with Crippen molar-refractivity contribution < 1.29 is 9.26 Å². The molecule has 2 heterocycles. The van der Waals surface area contributed by atoms with E-state index in [4.69, 9.17) is 9.26 Å². The summed E-state index contributed by atoms with van der Waals surface area (Å²) in [6.07, 6.45) is 0. The van der Waals surface area contributed by atoms with E-state index in [-0.39, 0.29) is 6.04 Å². The molecule has 1 aliphatic heterocycles. The summed E-state index contributed by atoms with van der Waals surface area (Å²) in [7, 11) is 0. The van der Waals surface area contributed by atoms with Gasteiger partial charge in [-0.1, -0.05) is 23.4 Å². The molecule has 0 bridgehead atoms. The van der Waals surface area contributed by atoms with Gasteiger partial charge in [-0.2, -0.15) is 4.98 Å². The summed E-state index contributed by atoms with van der Waals surface area (Å²) in [5, 5.41) is 7.30. The molecule has 1 aromatic carbocycles. The SMILES string of the molecule is c1ccc(SCc2noc(C3COCCN3)n2)cc1. The summed E-state index contributed by atoms with van der Waals surface area (Å²) >= 11 is 1.70. The molecule has 1 aliphatic rings. The highest BCUT2D eigenvalue weighted by Crippen LogP contribution is 2.22. The van der Waals surface area contributed by atoms with Crippen molar-refractivity contribution >= 4 is 11.8 Å². The lowest BCUT2D eigenvalue weighted by Gasteiger charge is -2.20. The highest BCUT2D eigenvalue weighted by atomic mass is 32.2. The highest BCUT2D eigenvalue weighted by molar-refractivity contribution is 7.98. The van der Waals surface area contributed by atoms with Crippen LogP contribution in [0.3, 0.4) is 0 Å². The molecule has 1 saturated heterocycles. The number of aromatic nitrogens is 2. The summed E-state index contributed by atoms with van der Waals surface area (Å²) in [6, 6.07) is 10.2. The average molecular weight is 277 g/mol. The van der Waals surface area contributed by atoms with E-state index in [2.05, 4.69) is 27.6 Å². The Morgan fingerprint density at radius 1 is 1.32 bits per heavy atom. The molecule has 1 N–H and O–H groups in total. The molecule has 5 nitrogen and oxygen atoms in total. The Morgan fingerprint density at radius 2 is 2.21 bits per heavy atom. The van der Waals surface area contributed by atoms with E-state index in [1.54, 1.807) is 11.8 Å². The zero-order chi connectivity index (χ0) is 12.9. The smallest absolute Gasteiger partial charge is 0.246 e.